The molecule has 0 radical (unpaired) electrons. The SMILES string of the molecule is CS(=O)(=O)N[C@@H]1[C@H](Cc2cccc(-c3cccc(F)c3)c2F)NCC12CC2. The van der Waals surface area contributed by atoms with Crippen molar-refractivity contribution < 1.29 is 17.2 Å². The highest BCUT2D eigenvalue weighted by atomic mass is 32.2. The second-order valence-corrected chi connectivity index (χ2v) is 9.49. The molecule has 2 aromatic rings. The van der Waals surface area contributed by atoms with Crippen molar-refractivity contribution >= 4 is 10.0 Å². The Bertz CT molecular complexity index is 974. The molecule has 1 aliphatic carbocycles. The lowest BCUT2D eigenvalue weighted by atomic mass is 9.91. The minimum absolute atomic E-state index is 0.0512. The maximum Gasteiger partial charge on any atom is 0.209 e. The highest BCUT2D eigenvalue weighted by Gasteiger charge is 2.56. The Morgan fingerprint density at radius 3 is 2.59 bits per heavy atom. The molecule has 2 N–H and O–H groups in total. The van der Waals surface area contributed by atoms with E-state index in [1.165, 1.54) is 12.1 Å². The van der Waals surface area contributed by atoms with Crippen LogP contribution in [0.4, 0.5) is 8.78 Å². The van der Waals surface area contributed by atoms with Gasteiger partial charge in [-0.05, 0) is 42.5 Å². The highest BCUT2D eigenvalue weighted by Crippen LogP contribution is 2.52. The molecular weight excluding hydrogens is 370 g/mol. The van der Waals surface area contributed by atoms with E-state index in [-0.39, 0.29) is 23.3 Å². The molecule has 1 saturated heterocycles. The maximum absolute atomic E-state index is 15.1. The molecular formula is C20H22F2N2O2S. The summed E-state index contributed by atoms with van der Waals surface area (Å²) < 4.78 is 55.0. The third-order valence-corrected chi connectivity index (χ3v) is 6.35. The molecule has 27 heavy (non-hydrogen) atoms. The van der Waals surface area contributed by atoms with Crippen molar-refractivity contribution in [1.82, 2.24) is 10.0 Å². The van der Waals surface area contributed by atoms with Gasteiger partial charge in [0.25, 0.3) is 0 Å². The first-order chi connectivity index (χ1) is 12.8. The van der Waals surface area contributed by atoms with Gasteiger partial charge in [-0.2, -0.15) is 0 Å². The van der Waals surface area contributed by atoms with Gasteiger partial charge in [-0.1, -0.05) is 30.3 Å². The summed E-state index contributed by atoms with van der Waals surface area (Å²) in [6, 6.07) is 10.5. The van der Waals surface area contributed by atoms with Crippen LogP contribution in [-0.4, -0.2) is 33.3 Å². The van der Waals surface area contributed by atoms with Gasteiger partial charge in [0, 0.05) is 29.6 Å². The second-order valence-electron chi connectivity index (χ2n) is 7.71. The number of halogens is 2. The Morgan fingerprint density at radius 2 is 1.93 bits per heavy atom. The quantitative estimate of drug-likeness (QED) is 0.823. The summed E-state index contributed by atoms with van der Waals surface area (Å²) in [6.07, 6.45) is 3.46. The Morgan fingerprint density at radius 1 is 1.19 bits per heavy atom. The molecule has 1 spiro atoms. The Hall–Kier alpha value is -1.83. The van der Waals surface area contributed by atoms with E-state index in [4.69, 9.17) is 0 Å². The van der Waals surface area contributed by atoms with E-state index in [1.54, 1.807) is 30.3 Å². The molecule has 1 aliphatic heterocycles. The number of benzene rings is 2. The van der Waals surface area contributed by atoms with Gasteiger partial charge in [0.1, 0.15) is 11.6 Å². The van der Waals surface area contributed by atoms with E-state index >= 15 is 4.39 Å². The van der Waals surface area contributed by atoms with Crippen LogP contribution < -0.4 is 10.0 Å². The van der Waals surface area contributed by atoms with Gasteiger partial charge in [0.05, 0.1) is 6.26 Å². The molecule has 4 rings (SSSR count). The molecule has 0 unspecified atom stereocenters. The van der Waals surface area contributed by atoms with Crippen molar-refractivity contribution in [3.63, 3.8) is 0 Å². The van der Waals surface area contributed by atoms with Gasteiger partial charge in [0.2, 0.25) is 10.0 Å². The molecule has 2 fully saturated rings. The van der Waals surface area contributed by atoms with E-state index in [1.807, 2.05) is 0 Å². The molecule has 2 aromatic carbocycles. The van der Waals surface area contributed by atoms with Crippen LogP contribution in [0.5, 0.6) is 0 Å². The zero-order valence-electron chi connectivity index (χ0n) is 15.0. The summed E-state index contributed by atoms with van der Waals surface area (Å²) in [5.74, 6) is -0.803. The molecule has 7 heteroatoms. The predicted molar refractivity (Wildman–Crippen MR) is 101 cm³/mol. The fourth-order valence-corrected chi connectivity index (χ4v) is 4.99. The molecule has 0 aromatic heterocycles. The topological polar surface area (TPSA) is 58.2 Å². The fraction of sp³-hybridized carbons (Fsp3) is 0.400. The number of hydrogen-bond donors (Lipinski definition) is 2. The van der Waals surface area contributed by atoms with Crippen molar-refractivity contribution in [3.05, 3.63) is 59.7 Å². The lowest BCUT2D eigenvalue weighted by Gasteiger charge is -2.24. The van der Waals surface area contributed by atoms with Crippen molar-refractivity contribution in [2.24, 2.45) is 5.41 Å². The largest absolute Gasteiger partial charge is 0.311 e. The average molecular weight is 392 g/mol. The molecule has 144 valence electrons. The van der Waals surface area contributed by atoms with Crippen LogP contribution in [0.3, 0.4) is 0 Å². The van der Waals surface area contributed by atoms with Crippen LogP contribution in [0.25, 0.3) is 11.1 Å². The van der Waals surface area contributed by atoms with Crippen LogP contribution in [0.2, 0.25) is 0 Å². The monoisotopic (exact) mass is 392 g/mol. The normalized spacial score (nSPS) is 23.7. The lowest BCUT2D eigenvalue weighted by molar-refractivity contribution is 0.407. The predicted octanol–water partition coefficient (Wildman–Crippen LogP) is 2.84. The first-order valence-corrected chi connectivity index (χ1v) is 10.9. The number of rotatable bonds is 5. The summed E-state index contributed by atoms with van der Waals surface area (Å²) in [5, 5.41) is 3.37. The van der Waals surface area contributed by atoms with Crippen LogP contribution in [0.15, 0.2) is 42.5 Å². The van der Waals surface area contributed by atoms with E-state index in [2.05, 4.69) is 10.0 Å². The fourth-order valence-electron chi connectivity index (χ4n) is 4.12. The third-order valence-electron chi connectivity index (χ3n) is 5.67. The van der Waals surface area contributed by atoms with E-state index < -0.39 is 15.8 Å². The molecule has 0 amide bonds. The zero-order valence-corrected chi connectivity index (χ0v) is 15.8. The standard InChI is InChI=1S/C20H22F2N2O2S/c1-27(25,26)24-19-17(23-12-20(19)8-9-20)11-14-5-3-7-16(18(14)22)13-4-2-6-15(21)10-13/h2-7,10,17,19,23-24H,8-9,11-12H2,1H3/t17-,19+/m0/s1. The second kappa shape index (κ2) is 6.65. The minimum Gasteiger partial charge on any atom is -0.311 e. The molecule has 4 nitrogen and oxygen atoms in total. The van der Waals surface area contributed by atoms with Crippen molar-refractivity contribution in [2.75, 3.05) is 12.8 Å². The summed E-state index contributed by atoms with van der Waals surface area (Å²) in [6.45, 7) is 0.732. The van der Waals surface area contributed by atoms with Crippen LogP contribution in [-0.2, 0) is 16.4 Å². The van der Waals surface area contributed by atoms with Crippen LogP contribution >= 0.6 is 0 Å². The van der Waals surface area contributed by atoms with Gasteiger partial charge < -0.3 is 5.32 Å². The molecule has 2 aliphatic rings. The third kappa shape index (κ3) is 3.77. The summed E-state index contributed by atoms with van der Waals surface area (Å²) in [5.41, 5.74) is 1.27. The van der Waals surface area contributed by atoms with Crippen molar-refractivity contribution in [2.45, 2.75) is 31.3 Å². The summed E-state index contributed by atoms with van der Waals surface area (Å²) >= 11 is 0. The first kappa shape index (κ1) is 18.5. The maximum atomic E-state index is 15.1. The van der Waals surface area contributed by atoms with Crippen molar-refractivity contribution in [3.8, 4) is 11.1 Å². The van der Waals surface area contributed by atoms with E-state index in [0.29, 0.717) is 23.1 Å². The molecule has 1 heterocycles. The minimum atomic E-state index is -3.36. The van der Waals surface area contributed by atoms with Gasteiger partial charge in [-0.3, -0.25) is 0 Å². The van der Waals surface area contributed by atoms with Crippen LogP contribution in [0.1, 0.15) is 18.4 Å². The smallest absolute Gasteiger partial charge is 0.209 e. The first-order valence-electron chi connectivity index (χ1n) is 9.01. The molecule has 2 atom stereocenters. The number of hydrogen-bond acceptors (Lipinski definition) is 3. The van der Waals surface area contributed by atoms with Crippen LogP contribution in [0, 0.1) is 17.0 Å². The van der Waals surface area contributed by atoms with Gasteiger partial charge in [-0.15, -0.1) is 0 Å². The summed E-state index contributed by atoms with van der Waals surface area (Å²) in [7, 11) is -3.36. The highest BCUT2D eigenvalue weighted by molar-refractivity contribution is 7.88. The van der Waals surface area contributed by atoms with Gasteiger partial charge in [-0.25, -0.2) is 21.9 Å². The Kier molecular flexibility index (Phi) is 4.56. The van der Waals surface area contributed by atoms with Crippen molar-refractivity contribution in [1.29, 1.82) is 0 Å². The zero-order chi connectivity index (χ0) is 19.2. The van der Waals surface area contributed by atoms with Gasteiger partial charge in [0.15, 0.2) is 0 Å². The molecule has 0 bridgehead atoms. The van der Waals surface area contributed by atoms with E-state index in [0.717, 1.165) is 25.6 Å². The Labute approximate surface area is 158 Å². The summed E-state index contributed by atoms with van der Waals surface area (Å²) in [4.78, 5) is 0. The van der Waals surface area contributed by atoms with E-state index in [9.17, 15) is 12.8 Å². The van der Waals surface area contributed by atoms with Gasteiger partial charge >= 0.3 is 0 Å². The Balaban J connectivity index is 1.62. The number of nitrogens with one attached hydrogen (secondary N) is 2. The lowest BCUT2D eigenvalue weighted by Crippen LogP contribution is -2.47. The molecule has 1 saturated carbocycles. The number of sulfonamides is 1. The average Bonchev–Trinajstić information content (AvgIpc) is 3.31.